The van der Waals surface area contributed by atoms with Crippen LogP contribution in [0.1, 0.15) is 23.9 Å². The first-order valence-electron chi connectivity index (χ1n) is 10.4. The molecule has 0 bridgehead atoms. The number of amides is 2. The summed E-state index contributed by atoms with van der Waals surface area (Å²) in [5.41, 5.74) is 2.99. The lowest BCUT2D eigenvalue weighted by Gasteiger charge is -2.46. The van der Waals surface area contributed by atoms with Gasteiger partial charge in [-0.25, -0.2) is 0 Å². The van der Waals surface area contributed by atoms with Gasteiger partial charge >= 0.3 is 0 Å². The summed E-state index contributed by atoms with van der Waals surface area (Å²) in [5.74, 6) is -0.176. The van der Waals surface area contributed by atoms with Crippen LogP contribution in [0.25, 0.3) is 0 Å². The van der Waals surface area contributed by atoms with Gasteiger partial charge in [-0.15, -0.1) is 0 Å². The van der Waals surface area contributed by atoms with E-state index in [1.54, 1.807) is 4.90 Å². The van der Waals surface area contributed by atoms with E-state index in [0.717, 1.165) is 23.5 Å². The molecule has 3 heterocycles. The maximum Gasteiger partial charge on any atom is 0.248 e. The summed E-state index contributed by atoms with van der Waals surface area (Å²) in [6, 6.07) is 14.7. The topological polar surface area (TPSA) is 74.8 Å². The van der Waals surface area contributed by atoms with Crippen molar-refractivity contribution >= 4 is 11.8 Å². The Labute approximate surface area is 177 Å². The van der Waals surface area contributed by atoms with Crippen LogP contribution in [0.15, 0.2) is 48.5 Å². The highest BCUT2D eigenvalue weighted by Crippen LogP contribution is 2.20. The number of aryl methyl sites for hydroxylation is 1. The molecular weight excluding hydrogens is 380 g/mol. The highest BCUT2D eigenvalue weighted by atomic mass is 16.5. The van der Waals surface area contributed by atoms with E-state index in [1.807, 2.05) is 62.4 Å². The number of aromatic nitrogens is 1. The normalized spacial score (nSPS) is 23.1. The second kappa shape index (κ2) is 8.93. The van der Waals surface area contributed by atoms with E-state index in [0.29, 0.717) is 26.2 Å². The lowest BCUT2D eigenvalue weighted by atomic mass is 10.0. The van der Waals surface area contributed by atoms with Crippen LogP contribution in [-0.2, 0) is 27.5 Å². The van der Waals surface area contributed by atoms with Crippen LogP contribution in [0.2, 0.25) is 0 Å². The third kappa shape index (κ3) is 4.52. The molecule has 4 rings (SSSR count). The van der Waals surface area contributed by atoms with E-state index in [1.165, 1.54) is 0 Å². The van der Waals surface area contributed by atoms with Gasteiger partial charge in [0.1, 0.15) is 12.1 Å². The molecule has 0 spiro atoms. The van der Waals surface area contributed by atoms with E-state index in [4.69, 9.17) is 4.74 Å². The summed E-state index contributed by atoms with van der Waals surface area (Å²) < 4.78 is 5.90. The van der Waals surface area contributed by atoms with Crippen molar-refractivity contribution in [2.24, 2.45) is 0 Å². The van der Waals surface area contributed by atoms with Crippen LogP contribution in [0.3, 0.4) is 0 Å². The number of carbonyl (C=O) groups excluding carboxylic acids is 2. The predicted molar refractivity (Wildman–Crippen MR) is 112 cm³/mol. The number of pyridine rings is 1. The fourth-order valence-corrected chi connectivity index (χ4v) is 4.09. The van der Waals surface area contributed by atoms with Crippen LogP contribution in [-0.4, -0.2) is 64.4 Å². The first kappa shape index (κ1) is 20.5. The zero-order valence-electron chi connectivity index (χ0n) is 17.5. The molecule has 1 N–H and O–H groups in total. The van der Waals surface area contributed by atoms with Crippen LogP contribution in [0, 0.1) is 6.92 Å². The fourth-order valence-electron chi connectivity index (χ4n) is 4.09. The summed E-state index contributed by atoms with van der Waals surface area (Å²) in [5, 5.41) is 2.90. The quantitative estimate of drug-likeness (QED) is 0.784. The smallest absolute Gasteiger partial charge is 0.248 e. The summed E-state index contributed by atoms with van der Waals surface area (Å²) in [7, 11) is 0. The van der Waals surface area contributed by atoms with Gasteiger partial charge < -0.3 is 15.0 Å². The minimum absolute atomic E-state index is 0.0616. The minimum Gasteiger partial charge on any atom is -0.371 e. The van der Waals surface area contributed by atoms with Crippen molar-refractivity contribution in [3.8, 4) is 0 Å². The highest BCUT2D eigenvalue weighted by molar-refractivity contribution is 5.97. The Morgan fingerprint density at radius 1 is 1.13 bits per heavy atom. The van der Waals surface area contributed by atoms with Crippen molar-refractivity contribution in [2.75, 3.05) is 19.6 Å². The van der Waals surface area contributed by atoms with Gasteiger partial charge in [0, 0.05) is 31.9 Å². The molecule has 3 atom stereocenters. The minimum atomic E-state index is -0.651. The molecule has 30 heavy (non-hydrogen) atoms. The molecule has 7 heteroatoms. The van der Waals surface area contributed by atoms with E-state index >= 15 is 0 Å². The van der Waals surface area contributed by atoms with Crippen LogP contribution < -0.4 is 5.32 Å². The Balaban J connectivity index is 1.36. The van der Waals surface area contributed by atoms with Crippen molar-refractivity contribution in [2.45, 2.75) is 45.2 Å². The molecule has 2 saturated heterocycles. The molecular formula is C23H28N4O3. The third-order valence-electron chi connectivity index (χ3n) is 5.77. The number of hydrogen-bond donors (Lipinski definition) is 1. The number of ether oxygens (including phenoxy) is 1. The van der Waals surface area contributed by atoms with Crippen molar-refractivity contribution < 1.29 is 14.3 Å². The van der Waals surface area contributed by atoms with Crippen molar-refractivity contribution in [1.82, 2.24) is 20.1 Å². The number of benzene rings is 1. The number of nitrogens with one attached hydrogen (secondary N) is 1. The molecule has 2 amide bonds. The second-order valence-electron chi connectivity index (χ2n) is 8.04. The first-order chi connectivity index (χ1) is 14.5. The molecule has 0 radical (unpaired) electrons. The standard InChI is InChI=1S/C23H28N4O3/c1-16-7-6-10-19(24-16)13-26-11-12-27-20(14-26)22(28)25-21(23(27)29)17(2)30-15-18-8-4-3-5-9-18/h3-10,17,20-21H,11-15H2,1-2H3,(H,25,28)/t17-,20-,21+/m1/s1. The lowest BCUT2D eigenvalue weighted by molar-refractivity contribution is -0.157. The van der Waals surface area contributed by atoms with E-state index in [9.17, 15) is 9.59 Å². The first-order valence-corrected chi connectivity index (χ1v) is 10.4. The van der Waals surface area contributed by atoms with E-state index < -0.39 is 18.2 Å². The Kier molecular flexibility index (Phi) is 6.11. The van der Waals surface area contributed by atoms with Crippen molar-refractivity contribution in [3.63, 3.8) is 0 Å². The summed E-state index contributed by atoms with van der Waals surface area (Å²) in [6.07, 6.45) is -0.405. The van der Waals surface area contributed by atoms with Gasteiger partial charge in [-0.1, -0.05) is 36.4 Å². The molecule has 1 aromatic carbocycles. The summed E-state index contributed by atoms with van der Waals surface area (Å²) in [6.45, 7) is 6.65. The number of hydrogen-bond acceptors (Lipinski definition) is 5. The maximum absolute atomic E-state index is 13.1. The fraction of sp³-hybridized carbons (Fsp3) is 0.435. The largest absolute Gasteiger partial charge is 0.371 e. The highest BCUT2D eigenvalue weighted by Gasteiger charge is 2.45. The lowest BCUT2D eigenvalue weighted by Crippen LogP contribution is -2.71. The molecule has 0 aliphatic carbocycles. The molecule has 2 fully saturated rings. The second-order valence-corrected chi connectivity index (χ2v) is 8.04. The zero-order chi connectivity index (χ0) is 21.1. The van der Waals surface area contributed by atoms with Crippen molar-refractivity contribution in [3.05, 3.63) is 65.5 Å². The zero-order valence-corrected chi connectivity index (χ0v) is 17.5. The molecule has 2 aromatic rings. The number of nitrogens with zero attached hydrogens (tertiary/aromatic N) is 3. The maximum atomic E-state index is 13.1. The molecule has 158 valence electrons. The van der Waals surface area contributed by atoms with Crippen molar-refractivity contribution in [1.29, 1.82) is 0 Å². The van der Waals surface area contributed by atoms with Crippen LogP contribution >= 0.6 is 0 Å². The third-order valence-corrected chi connectivity index (χ3v) is 5.77. The molecule has 2 aliphatic rings. The van der Waals surface area contributed by atoms with Gasteiger partial charge in [-0.3, -0.25) is 19.5 Å². The van der Waals surface area contributed by atoms with E-state index in [-0.39, 0.29) is 11.8 Å². The molecule has 0 unspecified atom stereocenters. The van der Waals surface area contributed by atoms with Gasteiger partial charge in [0.05, 0.1) is 18.4 Å². The molecule has 1 aromatic heterocycles. The predicted octanol–water partition coefficient (Wildman–Crippen LogP) is 1.51. The summed E-state index contributed by atoms with van der Waals surface area (Å²) >= 11 is 0. The Morgan fingerprint density at radius 2 is 1.93 bits per heavy atom. The number of fused-ring (bicyclic) bond motifs is 1. The number of rotatable bonds is 6. The monoisotopic (exact) mass is 408 g/mol. The van der Waals surface area contributed by atoms with Gasteiger partial charge in [-0.2, -0.15) is 0 Å². The number of carbonyl (C=O) groups is 2. The van der Waals surface area contributed by atoms with Crippen LogP contribution in [0.5, 0.6) is 0 Å². The average molecular weight is 409 g/mol. The Hall–Kier alpha value is -2.77. The SMILES string of the molecule is Cc1cccc(CN2CCN3C(=O)[C@H]([C@@H](C)OCc4ccccc4)NC(=O)[C@H]3C2)n1. The van der Waals surface area contributed by atoms with Gasteiger partial charge in [0.25, 0.3) is 0 Å². The Morgan fingerprint density at radius 3 is 2.70 bits per heavy atom. The van der Waals surface area contributed by atoms with Gasteiger partial charge in [0.15, 0.2) is 0 Å². The van der Waals surface area contributed by atoms with Crippen LogP contribution in [0.4, 0.5) is 0 Å². The Bertz CT molecular complexity index is 904. The molecule has 0 saturated carbocycles. The number of piperazine rings is 2. The van der Waals surface area contributed by atoms with Gasteiger partial charge in [-0.05, 0) is 31.5 Å². The molecule has 7 nitrogen and oxygen atoms in total. The summed E-state index contributed by atoms with van der Waals surface area (Å²) in [4.78, 5) is 34.3. The average Bonchev–Trinajstić information content (AvgIpc) is 2.75. The van der Waals surface area contributed by atoms with Gasteiger partial charge in [0.2, 0.25) is 11.8 Å². The van der Waals surface area contributed by atoms with E-state index in [2.05, 4.69) is 15.2 Å². The molecule has 2 aliphatic heterocycles.